The third-order valence-corrected chi connectivity index (χ3v) is 2.90. The van der Waals surface area contributed by atoms with Crippen molar-refractivity contribution in [1.82, 2.24) is 10.2 Å². The molecule has 0 bridgehead atoms. The molecular weight excluding hydrogens is 256 g/mol. The van der Waals surface area contributed by atoms with E-state index in [2.05, 4.69) is 20.8 Å². The quantitative estimate of drug-likeness (QED) is 0.783. The van der Waals surface area contributed by atoms with Crippen molar-refractivity contribution < 1.29 is 9.59 Å². The van der Waals surface area contributed by atoms with E-state index in [0.717, 1.165) is 23.7 Å². The van der Waals surface area contributed by atoms with Gasteiger partial charge in [-0.2, -0.15) is 5.10 Å². The fraction of sp³-hybridized carbons (Fsp3) is 0.357. The van der Waals surface area contributed by atoms with Gasteiger partial charge in [0.2, 0.25) is 11.8 Å². The van der Waals surface area contributed by atoms with Crippen molar-refractivity contribution in [2.24, 2.45) is 0 Å². The van der Waals surface area contributed by atoms with Gasteiger partial charge in [0.05, 0.1) is 5.52 Å². The minimum Gasteiger partial charge on any atom is -0.326 e. The number of carbonyl (C=O) groups excluding carboxylic acids is 2. The first-order valence-corrected chi connectivity index (χ1v) is 6.65. The summed E-state index contributed by atoms with van der Waals surface area (Å²) >= 11 is 0. The highest BCUT2D eigenvalue weighted by Crippen LogP contribution is 2.23. The number of nitrogens with zero attached hydrogens (tertiary/aromatic N) is 1. The van der Waals surface area contributed by atoms with E-state index >= 15 is 0 Å². The molecule has 0 spiro atoms. The van der Waals surface area contributed by atoms with Crippen LogP contribution in [0.2, 0.25) is 0 Å². The fourth-order valence-corrected chi connectivity index (χ4v) is 1.93. The number of rotatable bonds is 5. The number of hydrogen-bond acceptors (Lipinski definition) is 3. The lowest BCUT2D eigenvalue weighted by molar-refractivity contribution is -0.116. The Kier molecular flexibility index (Phi) is 4.34. The number of amides is 2. The SMILES string of the molecule is CCCCC(=O)Nc1n[nH]c2cc(NC(C)=O)ccc12. The highest BCUT2D eigenvalue weighted by atomic mass is 16.2. The Labute approximate surface area is 116 Å². The summed E-state index contributed by atoms with van der Waals surface area (Å²) in [7, 11) is 0. The largest absolute Gasteiger partial charge is 0.326 e. The molecule has 1 aromatic heterocycles. The zero-order valence-electron chi connectivity index (χ0n) is 11.6. The summed E-state index contributed by atoms with van der Waals surface area (Å²) < 4.78 is 0. The molecule has 0 saturated heterocycles. The van der Waals surface area contributed by atoms with Gasteiger partial charge >= 0.3 is 0 Å². The summed E-state index contributed by atoms with van der Waals surface area (Å²) in [4.78, 5) is 22.7. The third-order valence-electron chi connectivity index (χ3n) is 2.90. The predicted molar refractivity (Wildman–Crippen MR) is 78.6 cm³/mol. The monoisotopic (exact) mass is 274 g/mol. The Hall–Kier alpha value is -2.37. The molecule has 0 aliphatic heterocycles. The van der Waals surface area contributed by atoms with Crippen molar-refractivity contribution in [1.29, 1.82) is 0 Å². The zero-order chi connectivity index (χ0) is 14.5. The second-order valence-electron chi connectivity index (χ2n) is 4.67. The molecule has 2 rings (SSSR count). The van der Waals surface area contributed by atoms with E-state index < -0.39 is 0 Å². The Morgan fingerprint density at radius 1 is 1.30 bits per heavy atom. The summed E-state index contributed by atoms with van der Waals surface area (Å²) in [5, 5.41) is 13.3. The number of nitrogens with one attached hydrogen (secondary N) is 3. The first-order valence-electron chi connectivity index (χ1n) is 6.65. The van der Waals surface area contributed by atoms with Crippen molar-refractivity contribution >= 4 is 34.2 Å². The van der Waals surface area contributed by atoms with Gasteiger partial charge in [0.25, 0.3) is 0 Å². The van der Waals surface area contributed by atoms with E-state index in [1.807, 2.05) is 13.0 Å². The average molecular weight is 274 g/mol. The second kappa shape index (κ2) is 6.18. The molecule has 0 fully saturated rings. The lowest BCUT2D eigenvalue weighted by Gasteiger charge is -2.03. The molecule has 0 saturated carbocycles. The predicted octanol–water partition coefficient (Wildman–Crippen LogP) is 2.65. The van der Waals surface area contributed by atoms with Crippen LogP contribution in [0.15, 0.2) is 18.2 Å². The van der Waals surface area contributed by atoms with Crippen LogP contribution >= 0.6 is 0 Å². The number of fused-ring (bicyclic) bond motifs is 1. The second-order valence-corrected chi connectivity index (χ2v) is 4.67. The van der Waals surface area contributed by atoms with Crippen LogP contribution in [0, 0.1) is 0 Å². The van der Waals surface area contributed by atoms with E-state index in [1.54, 1.807) is 12.1 Å². The maximum absolute atomic E-state index is 11.7. The number of aromatic amines is 1. The zero-order valence-corrected chi connectivity index (χ0v) is 11.6. The summed E-state index contributed by atoms with van der Waals surface area (Å²) in [5.74, 6) is 0.360. The number of benzene rings is 1. The van der Waals surface area contributed by atoms with Crippen LogP contribution in [0.25, 0.3) is 10.9 Å². The molecule has 1 aromatic carbocycles. The molecule has 0 atom stereocenters. The Morgan fingerprint density at radius 3 is 2.80 bits per heavy atom. The third kappa shape index (κ3) is 3.34. The fourth-order valence-electron chi connectivity index (χ4n) is 1.93. The van der Waals surface area contributed by atoms with Crippen molar-refractivity contribution in [2.45, 2.75) is 33.1 Å². The highest BCUT2D eigenvalue weighted by Gasteiger charge is 2.09. The molecule has 0 aliphatic carbocycles. The van der Waals surface area contributed by atoms with Crippen molar-refractivity contribution in [2.75, 3.05) is 10.6 Å². The van der Waals surface area contributed by atoms with Gasteiger partial charge in [-0.05, 0) is 24.6 Å². The number of carbonyl (C=O) groups is 2. The molecule has 0 radical (unpaired) electrons. The summed E-state index contributed by atoms with van der Waals surface area (Å²) in [6.45, 7) is 3.50. The summed E-state index contributed by atoms with van der Waals surface area (Å²) in [6, 6.07) is 5.38. The van der Waals surface area contributed by atoms with Gasteiger partial charge in [0.1, 0.15) is 0 Å². The average Bonchev–Trinajstić information content (AvgIpc) is 2.78. The van der Waals surface area contributed by atoms with Gasteiger partial charge in [-0.25, -0.2) is 0 Å². The molecule has 0 aliphatic rings. The van der Waals surface area contributed by atoms with Gasteiger partial charge in [0, 0.05) is 24.4 Å². The molecule has 6 nitrogen and oxygen atoms in total. The van der Waals surface area contributed by atoms with Crippen LogP contribution in [0.1, 0.15) is 33.1 Å². The molecule has 20 heavy (non-hydrogen) atoms. The van der Waals surface area contributed by atoms with E-state index in [4.69, 9.17) is 0 Å². The van der Waals surface area contributed by atoms with Gasteiger partial charge in [0.15, 0.2) is 5.82 Å². The maximum Gasteiger partial charge on any atom is 0.225 e. The smallest absolute Gasteiger partial charge is 0.225 e. The maximum atomic E-state index is 11.7. The van der Waals surface area contributed by atoms with Gasteiger partial charge in [-0.3, -0.25) is 14.7 Å². The molecule has 1 heterocycles. The van der Waals surface area contributed by atoms with Crippen LogP contribution in [0.4, 0.5) is 11.5 Å². The molecule has 0 unspecified atom stereocenters. The Morgan fingerprint density at radius 2 is 2.10 bits per heavy atom. The van der Waals surface area contributed by atoms with Gasteiger partial charge < -0.3 is 10.6 Å². The lowest BCUT2D eigenvalue weighted by atomic mass is 10.2. The van der Waals surface area contributed by atoms with E-state index in [1.165, 1.54) is 6.92 Å². The standard InChI is InChI=1S/C14H18N4O2/c1-3-4-5-13(20)16-14-11-7-6-10(15-9(2)19)8-12(11)17-18-14/h6-8H,3-5H2,1-2H3,(H,15,19)(H2,16,17,18,20). The Balaban J connectivity index is 2.16. The lowest BCUT2D eigenvalue weighted by Crippen LogP contribution is -2.11. The van der Waals surface area contributed by atoms with E-state index in [-0.39, 0.29) is 11.8 Å². The van der Waals surface area contributed by atoms with E-state index in [9.17, 15) is 9.59 Å². The summed E-state index contributed by atoms with van der Waals surface area (Å²) in [6.07, 6.45) is 2.34. The first-order chi connectivity index (χ1) is 9.60. The number of aromatic nitrogens is 2. The van der Waals surface area contributed by atoms with Crippen LogP contribution in [-0.2, 0) is 9.59 Å². The van der Waals surface area contributed by atoms with Crippen LogP contribution in [0.5, 0.6) is 0 Å². The summed E-state index contributed by atoms with van der Waals surface area (Å²) in [5.41, 5.74) is 1.46. The molecule has 2 aromatic rings. The van der Waals surface area contributed by atoms with Crippen molar-refractivity contribution in [3.8, 4) is 0 Å². The van der Waals surface area contributed by atoms with Crippen molar-refractivity contribution in [3.63, 3.8) is 0 Å². The number of unbranched alkanes of at least 4 members (excludes halogenated alkanes) is 1. The number of hydrogen-bond donors (Lipinski definition) is 3. The first kappa shape index (κ1) is 14.0. The van der Waals surface area contributed by atoms with Gasteiger partial charge in [-0.15, -0.1) is 0 Å². The molecule has 3 N–H and O–H groups in total. The molecule has 106 valence electrons. The molecular formula is C14H18N4O2. The minimum absolute atomic E-state index is 0.0359. The normalized spacial score (nSPS) is 10.5. The van der Waals surface area contributed by atoms with Gasteiger partial charge in [-0.1, -0.05) is 13.3 Å². The van der Waals surface area contributed by atoms with Crippen LogP contribution in [-0.4, -0.2) is 22.0 Å². The Bertz CT molecular complexity index is 633. The molecule has 2 amide bonds. The van der Waals surface area contributed by atoms with Crippen molar-refractivity contribution in [3.05, 3.63) is 18.2 Å². The highest BCUT2D eigenvalue weighted by molar-refractivity contribution is 6.01. The van der Waals surface area contributed by atoms with Crippen LogP contribution < -0.4 is 10.6 Å². The number of H-pyrrole nitrogens is 1. The molecule has 6 heteroatoms. The topological polar surface area (TPSA) is 86.9 Å². The van der Waals surface area contributed by atoms with E-state index in [0.29, 0.717) is 17.9 Å². The minimum atomic E-state index is -0.128. The number of anilines is 2. The van der Waals surface area contributed by atoms with Crippen LogP contribution in [0.3, 0.4) is 0 Å².